The second-order valence-corrected chi connectivity index (χ2v) is 10.4. The highest BCUT2D eigenvalue weighted by Gasteiger charge is 2.32. The zero-order valence-electron chi connectivity index (χ0n) is 18.5. The maximum absolute atomic E-state index is 14.0. The van der Waals surface area contributed by atoms with Crippen LogP contribution in [0.3, 0.4) is 0 Å². The third-order valence-corrected chi connectivity index (χ3v) is 6.71. The molecular formula is C22H25F2N3O5S. The number of nitrogens with zero attached hydrogens (tertiary/aromatic N) is 2. The van der Waals surface area contributed by atoms with Crippen LogP contribution >= 0.6 is 0 Å². The summed E-state index contributed by atoms with van der Waals surface area (Å²) in [6, 6.07) is 8.54. The molecule has 0 radical (unpaired) electrons. The van der Waals surface area contributed by atoms with E-state index in [9.17, 15) is 26.8 Å². The molecule has 11 heteroatoms. The van der Waals surface area contributed by atoms with E-state index in [1.54, 1.807) is 39.0 Å². The molecule has 0 bridgehead atoms. The third kappa shape index (κ3) is 6.05. The second-order valence-electron chi connectivity index (χ2n) is 8.48. The molecule has 33 heavy (non-hydrogen) atoms. The van der Waals surface area contributed by atoms with Gasteiger partial charge < -0.3 is 9.64 Å². The Kier molecular flexibility index (Phi) is 7.03. The number of anilines is 1. The van der Waals surface area contributed by atoms with E-state index in [4.69, 9.17) is 4.74 Å². The van der Waals surface area contributed by atoms with E-state index in [1.807, 2.05) is 0 Å². The number of nitrogens with one attached hydrogen (secondary N) is 1. The molecule has 2 aromatic carbocycles. The summed E-state index contributed by atoms with van der Waals surface area (Å²) in [6.45, 7) is 5.19. The number of benzene rings is 2. The van der Waals surface area contributed by atoms with Crippen LogP contribution in [0.2, 0.25) is 0 Å². The molecule has 2 amide bonds. The molecule has 0 spiro atoms. The van der Waals surface area contributed by atoms with Gasteiger partial charge in [0.2, 0.25) is 10.0 Å². The average molecular weight is 482 g/mol. The van der Waals surface area contributed by atoms with Crippen molar-refractivity contribution in [3.05, 3.63) is 59.7 Å². The van der Waals surface area contributed by atoms with E-state index >= 15 is 0 Å². The molecule has 178 valence electrons. The molecule has 0 saturated carbocycles. The lowest BCUT2D eigenvalue weighted by Gasteiger charge is -2.34. The van der Waals surface area contributed by atoms with Crippen molar-refractivity contribution in [2.45, 2.75) is 31.3 Å². The van der Waals surface area contributed by atoms with Gasteiger partial charge in [0, 0.05) is 37.4 Å². The zero-order chi connectivity index (χ0) is 24.4. The SMILES string of the molecule is CC(C)(C)OC(=O)Nc1cccc(C(=O)N2CCN(S(=O)(=O)c3cc(F)ccc3F)CC2)c1. The van der Waals surface area contributed by atoms with Gasteiger partial charge in [-0.15, -0.1) is 0 Å². The van der Waals surface area contributed by atoms with Crippen LogP contribution in [-0.4, -0.2) is 61.4 Å². The van der Waals surface area contributed by atoms with E-state index in [0.29, 0.717) is 17.3 Å². The molecule has 1 aliphatic rings. The molecular weight excluding hydrogens is 456 g/mol. The van der Waals surface area contributed by atoms with Crippen molar-refractivity contribution in [2.24, 2.45) is 0 Å². The summed E-state index contributed by atoms with van der Waals surface area (Å²) in [5.41, 5.74) is 0.000295. The van der Waals surface area contributed by atoms with Gasteiger partial charge in [-0.2, -0.15) is 4.31 Å². The fourth-order valence-electron chi connectivity index (χ4n) is 3.28. The van der Waals surface area contributed by atoms with Crippen LogP contribution in [0.5, 0.6) is 0 Å². The number of hydrogen-bond acceptors (Lipinski definition) is 5. The average Bonchev–Trinajstić information content (AvgIpc) is 2.73. The van der Waals surface area contributed by atoms with Gasteiger partial charge in [0.05, 0.1) is 0 Å². The van der Waals surface area contributed by atoms with E-state index in [1.165, 1.54) is 11.0 Å². The number of carbonyl (C=O) groups excluding carboxylic acids is 2. The van der Waals surface area contributed by atoms with Crippen LogP contribution in [0.4, 0.5) is 19.3 Å². The summed E-state index contributed by atoms with van der Waals surface area (Å²) in [5.74, 6) is -2.25. The Balaban J connectivity index is 1.66. The summed E-state index contributed by atoms with van der Waals surface area (Å²) in [5, 5.41) is 2.57. The van der Waals surface area contributed by atoms with E-state index in [-0.39, 0.29) is 32.1 Å². The maximum atomic E-state index is 14.0. The smallest absolute Gasteiger partial charge is 0.412 e. The summed E-state index contributed by atoms with van der Waals surface area (Å²) >= 11 is 0. The Morgan fingerprint density at radius 1 is 1.00 bits per heavy atom. The third-order valence-electron chi connectivity index (χ3n) is 4.79. The quantitative estimate of drug-likeness (QED) is 0.722. The Morgan fingerprint density at radius 3 is 2.30 bits per heavy atom. The number of rotatable bonds is 4. The molecule has 1 N–H and O–H groups in total. The highest BCUT2D eigenvalue weighted by Crippen LogP contribution is 2.23. The van der Waals surface area contributed by atoms with Crippen LogP contribution in [-0.2, 0) is 14.8 Å². The molecule has 1 fully saturated rings. The lowest BCUT2D eigenvalue weighted by atomic mass is 10.1. The van der Waals surface area contributed by atoms with Gasteiger partial charge in [0.25, 0.3) is 5.91 Å². The Labute approximate surface area is 191 Å². The highest BCUT2D eigenvalue weighted by atomic mass is 32.2. The zero-order valence-corrected chi connectivity index (χ0v) is 19.3. The number of ether oxygens (including phenoxy) is 1. The standard InChI is InChI=1S/C22H25F2N3O5S/c1-22(2,3)32-21(29)25-17-6-4-5-15(13-17)20(28)26-9-11-27(12-10-26)33(30,31)19-14-16(23)7-8-18(19)24/h4-8,13-14H,9-12H2,1-3H3,(H,25,29). The number of piperazine rings is 1. The van der Waals surface area contributed by atoms with Gasteiger partial charge in [-0.05, 0) is 57.2 Å². The van der Waals surface area contributed by atoms with Crippen molar-refractivity contribution in [1.29, 1.82) is 0 Å². The number of carbonyl (C=O) groups is 2. The first-order valence-corrected chi connectivity index (χ1v) is 11.7. The topological polar surface area (TPSA) is 96.0 Å². The maximum Gasteiger partial charge on any atom is 0.412 e. The fourth-order valence-corrected chi connectivity index (χ4v) is 4.78. The van der Waals surface area contributed by atoms with Gasteiger partial charge in [-0.25, -0.2) is 22.0 Å². The van der Waals surface area contributed by atoms with Crippen molar-refractivity contribution in [2.75, 3.05) is 31.5 Å². The summed E-state index contributed by atoms with van der Waals surface area (Å²) < 4.78 is 59.1. The van der Waals surface area contributed by atoms with Crippen molar-refractivity contribution < 1.29 is 31.5 Å². The lowest BCUT2D eigenvalue weighted by molar-refractivity contribution is 0.0634. The summed E-state index contributed by atoms with van der Waals surface area (Å²) in [7, 11) is -4.25. The Hall–Kier alpha value is -3.05. The predicted molar refractivity (Wildman–Crippen MR) is 117 cm³/mol. The minimum atomic E-state index is -4.25. The summed E-state index contributed by atoms with van der Waals surface area (Å²) in [6.07, 6.45) is -0.657. The minimum absolute atomic E-state index is 0.0682. The molecule has 0 aromatic heterocycles. The van der Waals surface area contributed by atoms with Crippen molar-refractivity contribution >= 4 is 27.7 Å². The molecule has 1 heterocycles. The first-order chi connectivity index (χ1) is 15.4. The molecule has 3 rings (SSSR count). The molecule has 2 aromatic rings. The van der Waals surface area contributed by atoms with E-state index in [0.717, 1.165) is 16.4 Å². The highest BCUT2D eigenvalue weighted by molar-refractivity contribution is 7.89. The van der Waals surface area contributed by atoms with Crippen LogP contribution < -0.4 is 5.32 Å². The monoisotopic (exact) mass is 481 g/mol. The first kappa shape index (κ1) is 24.6. The van der Waals surface area contributed by atoms with Gasteiger partial charge >= 0.3 is 6.09 Å². The predicted octanol–water partition coefficient (Wildman–Crippen LogP) is 3.46. The number of halogens is 2. The van der Waals surface area contributed by atoms with Crippen LogP contribution in [0.15, 0.2) is 47.4 Å². The van der Waals surface area contributed by atoms with E-state index < -0.39 is 38.2 Å². The fraction of sp³-hybridized carbons (Fsp3) is 0.364. The van der Waals surface area contributed by atoms with Gasteiger partial charge in [-0.3, -0.25) is 10.1 Å². The van der Waals surface area contributed by atoms with Crippen molar-refractivity contribution in [3.8, 4) is 0 Å². The molecule has 1 aliphatic heterocycles. The van der Waals surface area contributed by atoms with Crippen molar-refractivity contribution in [3.63, 3.8) is 0 Å². The van der Waals surface area contributed by atoms with Crippen molar-refractivity contribution in [1.82, 2.24) is 9.21 Å². The number of sulfonamides is 1. The lowest BCUT2D eigenvalue weighted by Crippen LogP contribution is -2.50. The summed E-state index contributed by atoms with van der Waals surface area (Å²) in [4.78, 5) is 25.6. The van der Waals surface area contributed by atoms with Gasteiger partial charge in [0.15, 0.2) is 0 Å². The molecule has 1 saturated heterocycles. The minimum Gasteiger partial charge on any atom is -0.444 e. The Bertz CT molecular complexity index is 1160. The normalized spacial score (nSPS) is 15.2. The van der Waals surface area contributed by atoms with E-state index in [2.05, 4.69) is 5.32 Å². The number of amides is 2. The van der Waals surface area contributed by atoms with Crippen LogP contribution in [0.25, 0.3) is 0 Å². The largest absolute Gasteiger partial charge is 0.444 e. The molecule has 0 unspecified atom stereocenters. The molecule has 0 aliphatic carbocycles. The van der Waals surface area contributed by atoms with Gasteiger partial charge in [-0.1, -0.05) is 6.07 Å². The number of hydrogen-bond donors (Lipinski definition) is 1. The second kappa shape index (κ2) is 9.44. The first-order valence-electron chi connectivity index (χ1n) is 10.2. The molecule has 0 atom stereocenters. The van der Waals surface area contributed by atoms with Crippen LogP contribution in [0, 0.1) is 11.6 Å². The Morgan fingerprint density at radius 2 is 1.67 bits per heavy atom. The van der Waals surface area contributed by atoms with Gasteiger partial charge in [0.1, 0.15) is 22.1 Å². The van der Waals surface area contributed by atoms with Crippen LogP contribution in [0.1, 0.15) is 31.1 Å². The molecule has 8 nitrogen and oxygen atoms in total.